The van der Waals surface area contributed by atoms with Crippen LogP contribution in [0.1, 0.15) is 26.0 Å². The van der Waals surface area contributed by atoms with Crippen LogP contribution in [0.5, 0.6) is 0 Å². The maximum absolute atomic E-state index is 11.6. The molecule has 2 heterocycles. The lowest BCUT2D eigenvalue weighted by molar-refractivity contribution is 0.602. The van der Waals surface area contributed by atoms with E-state index in [1.807, 2.05) is 25.1 Å². The standard InChI is InChI=1S/C19H27N5O2S/c1-4-24(5-2)17-8-6-15(7-9-17)22-19-20-14(3)12-18(23-19)21-16-10-11-27(25,26)13-16/h6-9,12,16H,4-5,10-11,13H2,1-3H3,(H2,20,21,22,23). The molecule has 3 rings (SSSR count). The van der Waals surface area contributed by atoms with Crippen LogP contribution in [0.4, 0.5) is 23.1 Å². The van der Waals surface area contributed by atoms with Gasteiger partial charge in [0.15, 0.2) is 9.84 Å². The summed E-state index contributed by atoms with van der Waals surface area (Å²) in [6.07, 6.45) is 0.612. The molecule has 7 nitrogen and oxygen atoms in total. The van der Waals surface area contributed by atoms with Crippen LogP contribution in [0.15, 0.2) is 30.3 Å². The second-order valence-corrected chi connectivity index (χ2v) is 9.04. The highest BCUT2D eigenvalue weighted by molar-refractivity contribution is 7.91. The van der Waals surface area contributed by atoms with Crippen molar-refractivity contribution in [1.82, 2.24) is 9.97 Å². The Kier molecular flexibility index (Phi) is 5.84. The molecular weight excluding hydrogens is 362 g/mol. The minimum absolute atomic E-state index is 0.0921. The zero-order valence-electron chi connectivity index (χ0n) is 16.1. The minimum Gasteiger partial charge on any atom is -0.372 e. The van der Waals surface area contributed by atoms with E-state index in [1.54, 1.807) is 0 Å². The summed E-state index contributed by atoms with van der Waals surface area (Å²) >= 11 is 0. The molecule has 1 aromatic carbocycles. The van der Waals surface area contributed by atoms with Crippen molar-refractivity contribution in [3.63, 3.8) is 0 Å². The summed E-state index contributed by atoms with van der Waals surface area (Å²) < 4.78 is 23.3. The predicted octanol–water partition coefficient (Wildman–Crippen LogP) is 2.97. The third-order valence-electron chi connectivity index (χ3n) is 4.69. The van der Waals surface area contributed by atoms with Crippen LogP contribution in [0.2, 0.25) is 0 Å². The first-order valence-electron chi connectivity index (χ1n) is 9.33. The van der Waals surface area contributed by atoms with Gasteiger partial charge in [-0.05, 0) is 51.5 Å². The molecule has 1 aromatic heterocycles. The van der Waals surface area contributed by atoms with Crippen molar-refractivity contribution in [2.75, 3.05) is 40.1 Å². The van der Waals surface area contributed by atoms with Gasteiger partial charge in [-0.15, -0.1) is 0 Å². The van der Waals surface area contributed by atoms with Crippen LogP contribution in [0, 0.1) is 6.92 Å². The number of nitrogens with one attached hydrogen (secondary N) is 2. The number of rotatable bonds is 7. The SMILES string of the molecule is CCN(CC)c1ccc(Nc2nc(C)cc(NC3CCS(=O)(=O)C3)n2)cc1. The largest absolute Gasteiger partial charge is 0.372 e. The predicted molar refractivity (Wildman–Crippen MR) is 111 cm³/mol. The number of aryl methyl sites for hydroxylation is 1. The number of anilines is 4. The van der Waals surface area contributed by atoms with Crippen molar-refractivity contribution in [3.05, 3.63) is 36.0 Å². The molecule has 1 fully saturated rings. The molecule has 2 aromatic rings. The lowest BCUT2D eigenvalue weighted by Crippen LogP contribution is -2.21. The van der Waals surface area contributed by atoms with Gasteiger partial charge in [-0.2, -0.15) is 4.98 Å². The monoisotopic (exact) mass is 389 g/mol. The van der Waals surface area contributed by atoms with Crippen LogP contribution in [0.3, 0.4) is 0 Å². The first-order valence-corrected chi connectivity index (χ1v) is 11.2. The van der Waals surface area contributed by atoms with Crippen molar-refractivity contribution < 1.29 is 8.42 Å². The summed E-state index contributed by atoms with van der Waals surface area (Å²) in [5.74, 6) is 1.53. The highest BCUT2D eigenvalue weighted by atomic mass is 32.2. The van der Waals surface area contributed by atoms with Gasteiger partial charge >= 0.3 is 0 Å². The fraction of sp³-hybridized carbons (Fsp3) is 0.474. The lowest BCUT2D eigenvalue weighted by Gasteiger charge is -2.21. The molecule has 1 atom stereocenters. The fourth-order valence-corrected chi connectivity index (χ4v) is 4.96. The molecule has 8 heteroatoms. The van der Waals surface area contributed by atoms with Crippen molar-refractivity contribution in [3.8, 4) is 0 Å². The van der Waals surface area contributed by atoms with E-state index in [-0.39, 0.29) is 17.5 Å². The van der Waals surface area contributed by atoms with Crippen LogP contribution in [0.25, 0.3) is 0 Å². The molecule has 2 N–H and O–H groups in total. The Bertz CT molecular complexity index is 879. The molecule has 0 bridgehead atoms. The maximum atomic E-state index is 11.6. The molecule has 146 valence electrons. The van der Waals surface area contributed by atoms with Crippen LogP contribution in [-0.2, 0) is 9.84 Å². The van der Waals surface area contributed by atoms with Gasteiger partial charge in [0.2, 0.25) is 5.95 Å². The van der Waals surface area contributed by atoms with E-state index in [0.29, 0.717) is 18.2 Å². The number of benzene rings is 1. The van der Waals surface area contributed by atoms with E-state index in [9.17, 15) is 8.42 Å². The summed E-state index contributed by atoms with van der Waals surface area (Å²) in [5.41, 5.74) is 2.90. The van der Waals surface area contributed by atoms with E-state index in [1.165, 1.54) is 5.69 Å². The Labute approximate surface area is 161 Å². The summed E-state index contributed by atoms with van der Waals surface area (Å²) in [7, 11) is -2.93. The molecule has 0 aliphatic carbocycles. The molecule has 0 saturated carbocycles. The number of hydrogen-bond acceptors (Lipinski definition) is 7. The zero-order chi connectivity index (χ0) is 19.4. The summed E-state index contributed by atoms with van der Waals surface area (Å²) in [5, 5.41) is 6.46. The molecule has 0 radical (unpaired) electrons. The second-order valence-electron chi connectivity index (χ2n) is 6.81. The summed E-state index contributed by atoms with van der Waals surface area (Å²) in [6, 6.07) is 9.91. The topological polar surface area (TPSA) is 87.2 Å². The van der Waals surface area contributed by atoms with E-state index in [2.05, 4.69) is 51.5 Å². The third kappa shape index (κ3) is 5.09. The Morgan fingerprint density at radius 3 is 2.44 bits per heavy atom. The number of sulfone groups is 1. The van der Waals surface area contributed by atoms with Gasteiger partial charge in [0.25, 0.3) is 0 Å². The highest BCUT2D eigenvalue weighted by Crippen LogP contribution is 2.22. The third-order valence-corrected chi connectivity index (χ3v) is 6.46. The Hall–Kier alpha value is -2.35. The molecule has 27 heavy (non-hydrogen) atoms. The van der Waals surface area contributed by atoms with Crippen molar-refractivity contribution in [2.24, 2.45) is 0 Å². The number of aromatic nitrogens is 2. The van der Waals surface area contributed by atoms with Crippen molar-refractivity contribution >= 4 is 33.0 Å². The lowest BCUT2D eigenvalue weighted by atomic mass is 10.2. The smallest absolute Gasteiger partial charge is 0.229 e. The van der Waals surface area contributed by atoms with E-state index in [0.717, 1.165) is 24.5 Å². The Balaban J connectivity index is 1.71. The van der Waals surface area contributed by atoms with Gasteiger partial charge in [-0.1, -0.05) is 0 Å². The number of hydrogen-bond donors (Lipinski definition) is 2. The van der Waals surface area contributed by atoms with Gasteiger partial charge in [0.1, 0.15) is 5.82 Å². The Morgan fingerprint density at radius 2 is 1.85 bits per heavy atom. The quantitative estimate of drug-likeness (QED) is 0.753. The summed E-state index contributed by atoms with van der Waals surface area (Å²) in [6.45, 7) is 8.11. The van der Waals surface area contributed by atoms with Gasteiger partial charge in [-0.25, -0.2) is 13.4 Å². The second kappa shape index (κ2) is 8.12. The molecule has 0 spiro atoms. The van der Waals surface area contributed by atoms with Crippen LogP contribution in [-0.4, -0.2) is 49.0 Å². The molecular formula is C19H27N5O2S. The van der Waals surface area contributed by atoms with Crippen LogP contribution >= 0.6 is 0 Å². The minimum atomic E-state index is -2.93. The summed E-state index contributed by atoms with van der Waals surface area (Å²) in [4.78, 5) is 11.2. The highest BCUT2D eigenvalue weighted by Gasteiger charge is 2.28. The van der Waals surface area contributed by atoms with Gasteiger partial charge in [-0.3, -0.25) is 0 Å². The fourth-order valence-electron chi connectivity index (χ4n) is 3.29. The molecule has 1 aliphatic heterocycles. The normalized spacial score (nSPS) is 18.3. The Morgan fingerprint density at radius 1 is 1.15 bits per heavy atom. The molecule has 1 unspecified atom stereocenters. The van der Waals surface area contributed by atoms with E-state index >= 15 is 0 Å². The first-order chi connectivity index (χ1) is 12.9. The first kappa shape index (κ1) is 19.4. The van der Waals surface area contributed by atoms with Gasteiger partial charge < -0.3 is 15.5 Å². The van der Waals surface area contributed by atoms with E-state index in [4.69, 9.17) is 0 Å². The zero-order valence-corrected chi connectivity index (χ0v) is 16.9. The molecule has 0 amide bonds. The maximum Gasteiger partial charge on any atom is 0.229 e. The van der Waals surface area contributed by atoms with Gasteiger partial charge in [0.05, 0.1) is 11.5 Å². The average Bonchev–Trinajstić information content (AvgIpc) is 2.95. The van der Waals surface area contributed by atoms with Crippen LogP contribution < -0.4 is 15.5 Å². The van der Waals surface area contributed by atoms with Crippen molar-refractivity contribution in [2.45, 2.75) is 33.2 Å². The molecule has 1 aliphatic rings. The van der Waals surface area contributed by atoms with Crippen molar-refractivity contribution in [1.29, 1.82) is 0 Å². The number of nitrogens with zero attached hydrogens (tertiary/aromatic N) is 3. The van der Waals surface area contributed by atoms with Gasteiger partial charge in [0, 0.05) is 42.3 Å². The average molecular weight is 390 g/mol. The molecule has 1 saturated heterocycles. The van der Waals surface area contributed by atoms with E-state index < -0.39 is 9.84 Å².